The first-order chi connectivity index (χ1) is 31.7. The number of aromatic nitrogens is 3. The van der Waals surface area contributed by atoms with E-state index >= 15 is 0 Å². The van der Waals surface area contributed by atoms with Crippen LogP contribution in [-0.4, -0.2) is 15.0 Å². The van der Waals surface area contributed by atoms with E-state index in [2.05, 4.69) is 200 Å². The van der Waals surface area contributed by atoms with E-state index in [0.29, 0.717) is 5.82 Å². The molecule has 1 aliphatic carbocycles. The van der Waals surface area contributed by atoms with E-state index in [-0.39, 0.29) is 0 Å². The Balaban J connectivity index is 0.990. The van der Waals surface area contributed by atoms with Gasteiger partial charge in [-0.3, -0.25) is 0 Å². The molecule has 11 aromatic rings. The average molecular weight is 816 g/mol. The SMILES string of the molecule is c1ccc(-c2cccc(-c3cc(-c4ccc(-c5nc6ccccc6c6c7c(ccc56)C5(c6ccccc6Oc6ccccc65)c5ccccc5-7)cc4)nc(-c4ccccc4)n3)c2)cc1. The maximum Gasteiger partial charge on any atom is 0.160 e. The predicted molar refractivity (Wildman–Crippen MR) is 259 cm³/mol. The molecule has 298 valence electrons. The van der Waals surface area contributed by atoms with Crippen molar-refractivity contribution in [3.63, 3.8) is 0 Å². The third-order valence-corrected chi connectivity index (χ3v) is 13.2. The smallest absolute Gasteiger partial charge is 0.160 e. The molecular formula is C60H37N3O. The molecule has 13 rings (SSSR count). The molecule has 2 aromatic heterocycles. The lowest BCUT2D eigenvalue weighted by molar-refractivity contribution is 0.436. The van der Waals surface area contributed by atoms with Crippen molar-refractivity contribution in [3.8, 4) is 78.9 Å². The standard InChI is InChI=1S/C60H37N3O/c1-3-16-38(17-4-1)42-20-15-21-43(36-42)53-37-52(62-59(63-53)41-18-5-2-6-19-41)39-30-32-40(33-31-39)58-46-34-35-50-57(56(46)45-23-8-12-27-51(45)61-58)44-22-7-9-24-47(44)60(50)48-25-10-13-28-54(48)64-55-29-14-11-26-49(55)60/h1-37H. The van der Waals surface area contributed by atoms with E-state index in [4.69, 9.17) is 19.7 Å². The molecule has 9 aromatic carbocycles. The van der Waals surface area contributed by atoms with Gasteiger partial charge in [-0.2, -0.15) is 0 Å². The summed E-state index contributed by atoms with van der Waals surface area (Å²) in [6.45, 7) is 0. The Hall–Kier alpha value is -8.47. The van der Waals surface area contributed by atoms with Gasteiger partial charge in [0.2, 0.25) is 0 Å². The summed E-state index contributed by atoms with van der Waals surface area (Å²) < 4.78 is 6.63. The summed E-state index contributed by atoms with van der Waals surface area (Å²) in [6.07, 6.45) is 0. The van der Waals surface area contributed by atoms with Gasteiger partial charge in [0.1, 0.15) is 11.5 Å². The third kappa shape index (κ3) is 5.46. The zero-order valence-electron chi connectivity index (χ0n) is 34.6. The number of rotatable bonds is 5. The van der Waals surface area contributed by atoms with Crippen molar-refractivity contribution in [1.29, 1.82) is 0 Å². The molecule has 0 atom stereocenters. The van der Waals surface area contributed by atoms with Gasteiger partial charge in [-0.25, -0.2) is 15.0 Å². The maximum absolute atomic E-state index is 6.63. The summed E-state index contributed by atoms with van der Waals surface area (Å²) in [7, 11) is 0. The molecule has 1 aliphatic heterocycles. The first-order valence-electron chi connectivity index (χ1n) is 21.8. The van der Waals surface area contributed by atoms with Crippen molar-refractivity contribution < 1.29 is 4.74 Å². The molecule has 0 saturated heterocycles. The van der Waals surface area contributed by atoms with Crippen molar-refractivity contribution in [2.75, 3.05) is 0 Å². The molecule has 3 heterocycles. The molecule has 2 aliphatic rings. The molecule has 0 bridgehead atoms. The fourth-order valence-corrected chi connectivity index (χ4v) is 10.4. The lowest BCUT2D eigenvalue weighted by atomic mass is 9.66. The first kappa shape index (κ1) is 36.2. The van der Waals surface area contributed by atoms with Crippen LogP contribution in [0.4, 0.5) is 0 Å². The van der Waals surface area contributed by atoms with Crippen LogP contribution in [0.1, 0.15) is 22.3 Å². The van der Waals surface area contributed by atoms with Gasteiger partial charge in [0.25, 0.3) is 0 Å². The molecule has 0 unspecified atom stereocenters. The highest BCUT2D eigenvalue weighted by Crippen LogP contribution is 2.63. The Labute approximate surface area is 370 Å². The first-order valence-corrected chi connectivity index (χ1v) is 21.8. The van der Waals surface area contributed by atoms with Gasteiger partial charge in [-0.15, -0.1) is 0 Å². The maximum atomic E-state index is 6.63. The van der Waals surface area contributed by atoms with Gasteiger partial charge in [0.05, 0.1) is 28.0 Å². The molecule has 64 heavy (non-hydrogen) atoms. The monoisotopic (exact) mass is 815 g/mol. The normalized spacial score (nSPS) is 12.9. The van der Waals surface area contributed by atoms with Crippen molar-refractivity contribution in [2.24, 2.45) is 0 Å². The molecule has 1 spiro atoms. The molecular weight excluding hydrogens is 779 g/mol. The summed E-state index contributed by atoms with van der Waals surface area (Å²) in [6, 6.07) is 79.4. The molecule has 0 radical (unpaired) electrons. The molecule has 4 nitrogen and oxygen atoms in total. The number of benzene rings is 9. The summed E-state index contributed by atoms with van der Waals surface area (Å²) in [4.78, 5) is 15.7. The lowest BCUT2D eigenvalue weighted by Gasteiger charge is -2.39. The summed E-state index contributed by atoms with van der Waals surface area (Å²) >= 11 is 0. The summed E-state index contributed by atoms with van der Waals surface area (Å²) in [5.41, 5.74) is 16.7. The van der Waals surface area contributed by atoms with Crippen molar-refractivity contribution in [2.45, 2.75) is 5.41 Å². The second-order valence-corrected chi connectivity index (χ2v) is 16.6. The van der Waals surface area contributed by atoms with Crippen molar-refractivity contribution in [1.82, 2.24) is 15.0 Å². The fourth-order valence-electron chi connectivity index (χ4n) is 10.4. The van der Waals surface area contributed by atoms with Gasteiger partial charge in [0.15, 0.2) is 5.82 Å². The van der Waals surface area contributed by atoms with E-state index in [1.165, 1.54) is 33.2 Å². The van der Waals surface area contributed by atoms with Crippen LogP contribution in [-0.2, 0) is 5.41 Å². The van der Waals surface area contributed by atoms with Crippen LogP contribution < -0.4 is 4.74 Å². The summed E-state index contributed by atoms with van der Waals surface area (Å²) in [5.74, 6) is 2.46. The Morgan fingerprint density at radius 2 is 0.922 bits per heavy atom. The second-order valence-electron chi connectivity index (χ2n) is 16.6. The largest absolute Gasteiger partial charge is 0.457 e. The quantitative estimate of drug-likeness (QED) is 0.162. The Bertz CT molecular complexity index is 3590. The number of para-hydroxylation sites is 3. The highest BCUT2D eigenvalue weighted by Gasteiger charge is 2.51. The van der Waals surface area contributed by atoms with Crippen LogP contribution in [0.3, 0.4) is 0 Å². The molecule has 0 N–H and O–H groups in total. The molecule has 0 amide bonds. The van der Waals surface area contributed by atoms with Gasteiger partial charge in [-0.1, -0.05) is 194 Å². The van der Waals surface area contributed by atoms with E-state index < -0.39 is 5.41 Å². The molecule has 0 saturated carbocycles. The van der Waals surface area contributed by atoms with Crippen LogP contribution in [0, 0.1) is 0 Å². The summed E-state index contributed by atoms with van der Waals surface area (Å²) in [5, 5.41) is 3.45. The Kier molecular flexibility index (Phi) is 8.09. The van der Waals surface area contributed by atoms with Gasteiger partial charge >= 0.3 is 0 Å². The van der Waals surface area contributed by atoms with Crippen LogP contribution >= 0.6 is 0 Å². The van der Waals surface area contributed by atoms with E-state index in [9.17, 15) is 0 Å². The van der Waals surface area contributed by atoms with Crippen LogP contribution in [0.15, 0.2) is 224 Å². The van der Waals surface area contributed by atoms with Gasteiger partial charge in [0, 0.05) is 49.5 Å². The number of hydrogen-bond donors (Lipinski definition) is 0. The Morgan fingerprint density at radius 1 is 0.344 bits per heavy atom. The zero-order valence-corrected chi connectivity index (χ0v) is 34.6. The topological polar surface area (TPSA) is 47.9 Å². The van der Waals surface area contributed by atoms with Crippen LogP contribution in [0.2, 0.25) is 0 Å². The highest BCUT2D eigenvalue weighted by atomic mass is 16.5. The van der Waals surface area contributed by atoms with E-state index in [1.54, 1.807) is 0 Å². The number of pyridine rings is 1. The number of nitrogens with zero attached hydrogens (tertiary/aromatic N) is 3. The third-order valence-electron chi connectivity index (χ3n) is 13.2. The number of fused-ring (bicyclic) bond motifs is 13. The van der Waals surface area contributed by atoms with Crippen molar-refractivity contribution >= 4 is 21.7 Å². The van der Waals surface area contributed by atoms with E-state index in [0.717, 1.165) is 83.8 Å². The van der Waals surface area contributed by atoms with E-state index in [1.807, 2.05) is 24.3 Å². The van der Waals surface area contributed by atoms with Crippen LogP contribution in [0.25, 0.3) is 89.1 Å². The molecule has 4 heteroatoms. The average Bonchev–Trinajstić information content (AvgIpc) is 3.67. The fraction of sp³-hybridized carbons (Fsp3) is 0.0167. The predicted octanol–water partition coefficient (Wildman–Crippen LogP) is 15.0. The van der Waals surface area contributed by atoms with Crippen LogP contribution in [0.5, 0.6) is 11.5 Å². The minimum Gasteiger partial charge on any atom is -0.457 e. The second kappa shape index (κ2) is 14.3. The lowest BCUT2D eigenvalue weighted by Crippen LogP contribution is -2.32. The molecule has 0 fully saturated rings. The van der Waals surface area contributed by atoms with Gasteiger partial charge < -0.3 is 4.74 Å². The minimum atomic E-state index is -0.560. The van der Waals surface area contributed by atoms with Crippen molar-refractivity contribution in [3.05, 3.63) is 247 Å². The number of ether oxygens (including phenoxy) is 1. The number of hydrogen-bond acceptors (Lipinski definition) is 4. The highest BCUT2D eigenvalue weighted by molar-refractivity contribution is 6.19. The van der Waals surface area contributed by atoms with Gasteiger partial charge in [-0.05, 0) is 63.7 Å². The minimum absolute atomic E-state index is 0.560. The zero-order chi connectivity index (χ0) is 42.2. The Morgan fingerprint density at radius 3 is 1.67 bits per heavy atom.